The minimum Gasteiger partial charge on any atom is -0.289 e. The molecule has 2 aliphatic rings. The summed E-state index contributed by atoms with van der Waals surface area (Å²) >= 11 is 0. The van der Waals surface area contributed by atoms with E-state index in [1.54, 1.807) is 6.07 Å². The average molecular weight is 257 g/mol. The summed E-state index contributed by atoms with van der Waals surface area (Å²) in [5, 5.41) is 2.65. The van der Waals surface area contributed by atoms with E-state index in [-0.39, 0.29) is 5.43 Å². The van der Waals surface area contributed by atoms with Gasteiger partial charge in [0.2, 0.25) is 0 Å². The van der Waals surface area contributed by atoms with Crippen LogP contribution in [0.15, 0.2) is 71.5 Å². The maximum Gasteiger partial charge on any atom is 0.186 e. The van der Waals surface area contributed by atoms with E-state index < -0.39 is 0 Å². The molecule has 0 saturated carbocycles. The van der Waals surface area contributed by atoms with E-state index in [9.17, 15) is 4.79 Å². The molecule has 1 heterocycles. The molecule has 0 unspecified atom stereocenters. The van der Waals surface area contributed by atoms with Gasteiger partial charge in [0.1, 0.15) is 0 Å². The fourth-order valence-electron chi connectivity index (χ4n) is 2.70. The molecule has 0 aromatic heterocycles. The number of rotatable bonds is 0. The lowest BCUT2D eigenvalue weighted by molar-refractivity contribution is 1.48. The van der Waals surface area contributed by atoms with Gasteiger partial charge in [0.15, 0.2) is 5.43 Å². The molecule has 2 aromatic rings. The lowest BCUT2D eigenvalue weighted by Gasteiger charge is -1.90. The van der Waals surface area contributed by atoms with Crippen LogP contribution in [-0.2, 0) is 0 Å². The summed E-state index contributed by atoms with van der Waals surface area (Å²) in [4.78, 5) is 16.9. The van der Waals surface area contributed by atoms with E-state index in [0.717, 1.165) is 32.9 Å². The second-order valence-electron chi connectivity index (χ2n) is 4.83. The first-order valence-electron chi connectivity index (χ1n) is 6.55. The van der Waals surface area contributed by atoms with Crippen LogP contribution in [-0.4, -0.2) is 4.98 Å². The SMILES string of the molecule is O=c1ccc2c3cccccc-3nc2c2ccccc12. The Labute approximate surface area is 115 Å². The second kappa shape index (κ2) is 4.14. The molecule has 0 radical (unpaired) electrons. The van der Waals surface area contributed by atoms with Crippen molar-refractivity contribution in [1.82, 2.24) is 4.98 Å². The zero-order valence-corrected chi connectivity index (χ0v) is 10.7. The first kappa shape index (κ1) is 11.1. The highest BCUT2D eigenvalue weighted by Crippen LogP contribution is 2.32. The number of hydrogen-bond donors (Lipinski definition) is 0. The summed E-state index contributed by atoms with van der Waals surface area (Å²) in [5.74, 6) is 0. The third-order valence-corrected chi connectivity index (χ3v) is 3.64. The molecule has 0 amide bonds. The smallest absolute Gasteiger partial charge is 0.186 e. The zero-order valence-electron chi connectivity index (χ0n) is 10.7. The third-order valence-electron chi connectivity index (χ3n) is 3.64. The number of benzene rings is 1. The van der Waals surface area contributed by atoms with Gasteiger partial charge in [-0.05, 0) is 18.2 Å². The number of fused-ring (bicyclic) bond motifs is 5. The van der Waals surface area contributed by atoms with Gasteiger partial charge in [-0.25, -0.2) is 4.98 Å². The summed E-state index contributed by atoms with van der Waals surface area (Å²) in [6, 6.07) is 21.2. The molecule has 0 spiro atoms. The third kappa shape index (κ3) is 1.51. The van der Waals surface area contributed by atoms with Crippen LogP contribution in [0, 0.1) is 0 Å². The van der Waals surface area contributed by atoms with Crippen molar-refractivity contribution in [2.45, 2.75) is 0 Å². The Bertz CT molecular complexity index is 975. The molecule has 94 valence electrons. The predicted molar refractivity (Wildman–Crippen MR) is 82.1 cm³/mol. The average Bonchev–Trinajstić information content (AvgIpc) is 2.63. The lowest BCUT2D eigenvalue weighted by atomic mass is 10.1. The molecule has 1 aliphatic carbocycles. The normalized spacial score (nSPS) is 11.2. The molecule has 0 bridgehead atoms. The van der Waals surface area contributed by atoms with Crippen molar-refractivity contribution in [2.75, 3.05) is 0 Å². The van der Waals surface area contributed by atoms with Crippen LogP contribution in [0.3, 0.4) is 0 Å². The van der Waals surface area contributed by atoms with Gasteiger partial charge in [-0.3, -0.25) is 4.79 Å². The fraction of sp³-hybridized carbons (Fsp3) is 0. The fourth-order valence-corrected chi connectivity index (χ4v) is 2.70. The highest BCUT2D eigenvalue weighted by molar-refractivity contribution is 6.10. The van der Waals surface area contributed by atoms with Crippen LogP contribution in [0.4, 0.5) is 0 Å². The van der Waals surface area contributed by atoms with Crippen molar-refractivity contribution in [3.05, 3.63) is 77.0 Å². The number of nitrogens with zero attached hydrogens (tertiary/aromatic N) is 1. The monoisotopic (exact) mass is 257 g/mol. The number of aromatic nitrogens is 1. The van der Waals surface area contributed by atoms with Crippen LogP contribution < -0.4 is 5.43 Å². The summed E-state index contributed by atoms with van der Waals surface area (Å²) in [6.45, 7) is 0. The Morgan fingerprint density at radius 3 is 2.30 bits per heavy atom. The molecule has 1 aliphatic heterocycles. The Kier molecular flexibility index (Phi) is 2.30. The Morgan fingerprint density at radius 2 is 1.40 bits per heavy atom. The lowest BCUT2D eigenvalue weighted by Crippen LogP contribution is -1.93. The van der Waals surface area contributed by atoms with Crippen LogP contribution in [0.2, 0.25) is 0 Å². The molecule has 2 nitrogen and oxygen atoms in total. The van der Waals surface area contributed by atoms with Crippen molar-refractivity contribution >= 4 is 21.7 Å². The van der Waals surface area contributed by atoms with Gasteiger partial charge in [0.05, 0.1) is 11.2 Å². The second-order valence-corrected chi connectivity index (χ2v) is 4.83. The highest BCUT2D eigenvalue weighted by atomic mass is 16.1. The van der Waals surface area contributed by atoms with Crippen molar-refractivity contribution in [1.29, 1.82) is 0 Å². The van der Waals surface area contributed by atoms with Gasteiger partial charge in [-0.2, -0.15) is 0 Å². The van der Waals surface area contributed by atoms with Crippen LogP contribution >= 0.6 is 0 Å². The van der Waals surface area contributed by atoms with Crippen LogP contribution in [0.1, 0.15) is 0 Å². The van der Waals surface area contributed by atoms with Gasteiger partial charge >= 0.3 is 0 Å². The van der Waals surface area contributed by atoms with Crippen molar-refractivity contribution in [3.8, 4) is 11.3 Å². The van der Waals surface area contributed by atoms with Crippen LogP contribution in [0.25, 0.3) is 32.9 Å². The summed E-state index contributed by atoms with van der Waals surface area (Å²) in [7, 11) is 0. The van der Waals surface area contributed by atoms with Crippen molar-refractivity contribution < 1.29 is 0 Å². The molecule has 2 aromatic carbocycles. The van der Waals surface area contributed by atoms with Gasteiger partial charge in [-0.15, -0.1) is 0 Å². The van der Waals surface area contributed by atoms with Gasteiger partial charge < -0.3 is 0 Å². The topological polar surface area (TPSA) is 30.0 Å². The molecular weight excluding hydrogens is 246 g/mol. The van der Waals surface area contributed by atoms with Gasteiger partial charge in [-0.1, -0.05) is 48.5 Å². The van der Waals surface area contributed by atoms with E-state index in [0.29, 0.717) is 0 Å². The largest absolute Gasteiger partial charge is 0.289 e. The minimum atomic E-state index is 0.0343. The van der Waals surface area contributed by atoms with E-state index >= 15 is 0 Å². The zero-order chi connectivity index (χ0) is 13.5. The van der Waals surface area contributed by atoms with Gasteiger partial charge in [0.25, 0.3) is 0 Å². The molecule has 4 rings (SSSR count). The summed E-state index contributed by atoms with van der Waals surface area (Å²) in [6.07, 6.45) is 0. The Morgan fingerprint density at radius 1 is 0.650 bits per heavy atom. The maximum atomic E-state index is 12.2. The molecule has 0 atom stereocenters. The first-order chi connectivity index (χ1) is 9.84. The van der Waals surface area contributed by atoms with Gasteiger partial charge in [0, 0.05) is 21.7 Å². The van der Waals surface area contributed by atoms with E-state index in [1.807, 2.05) is 60.7 Å². The standard InChI is InChI=1S/C18H11NO/c20-17-11-10-15-12-6-2-1-3-9-16(12)19-18(15)14-8-5-4-7-13(14)17/h1-11H. The molecule has 20 heavy (non-hydrogen) atoms. The molecule has 0 N–H and O–H groups in total. The van der Waals surface area contributed by atoms with E-state index in [1.165, 1.54) is 0 Å². The van der Waals surface area contributed by atoms with Crippen molar-refractivity contribution in [2.24, 2.45) is 0 Å². The Balaban J connectivity index is 2.36. The summed E-state index contributed by atoms with van der Waals surface area (Å²) in [5.41, 5.74) is 2.95. The maximum absolute atomic E-state index is 12.2. The highest BCUT2D eigenvalue weighted by Gasteiger charge is 2.12. The predicted octanol–water partition coefficient (Wildman–Crippen LogP) is 3.85. The van der Waals surface area contributed by atoms with Crippen LogP contribution in [0.5, 0.6) is 0 Å². The quantitative estimate of drug-likeness (QED) is 0.479. The molecule has 2 heteroatoms. The van der Waals surface area contributed by atoms with E-state index in [2.05, 4.69) is 0 Å². The first-order valence-corrected chi connectivity index (χ1v) is 6.55. The molecule has 0 fully saturated rings. The summed E-state index contributed by atoms with van der Waals surface area (Å²) < 4.78 is 0. The number of hydrogen-bond acceptors (Lipinski definition) is 2. The molecular formula is C18H11NO. The minimum absolute atomic E-state index is 0.0343. The van der Waals surface area contributed by atoms with E-state index in [4.69, 9.17) is 4.98 Å². The van der Waals surface area contributed by atoms with Crippen molar-refractivity contribution in [3.63, 3.8) is 0 Å². The Hall–Kier alpha value is -2.74. The molecule has 0 saturated heterocycles.